The van der Waals surface area contributed by atoms with E-state index in [2.05, 4.69) is 15.0 Å². The van der Waals surface area contributed by atoms with Crippen molar-refractivity contribution < 1.29 is 4.74 Å². The standard InChI is InChI=1S/C13H12N4O.C2H6/c14-13-16-11-10(6-7-15-11)12(17-13)18-8-9-4-2-1-3-5-9;1-2/h1-7H,8H2,(H3,14,15,16,17);1-2H3. The van der Waals surface area contributed by atoms with Gasteiger partial charge in [0.05, 0.1) is 5.39 Å². The van der Waals surface area contributed by atoms with Gasteiger partial charge in [0, 0.05) is 6.20 Å². The summed E-state index contributed by atoms with van der Waals surface area (Å²) in [5.74, 6) is 0.704. The number of nitrogens with one attached hydrogen (secondary N) is 1. The van der Waals surface area contributed by atoms with Crippen LogP contribution in [0.3, 0.4) is 0 Å². The van der Waals surface area contributed by atoms with Crippen molar-refractivity contribution in [2.24, 2.45) is 0 Å². The summed E-state index contributed by atoms with van der Waals surface area (Å²) in [5, 5.41) is 0.833. The van der Waals surface area contributed by atoms with Gasteiger partial charge in [0.2, 0.25) is 11.8 Å². The highest BCUT2D eigenvalue weighted by Crippen LogP contribution is 2.22. The fourth-order valence-corrected chi connectivity index (χ4v) is 1.77. The van der Waals surface area contributed by atoms with Gasteiger partial charge in [-0.15, -0.1) is 0 Å². The van der Waals surface area contributed by atoms with Crippen molar-refractivity contribution in [3.63, 3.8) is 0 Å². The zero-order valence-electron chi connectivity index (χ0n) is 11.6. The second-order valence-corrected chi connectivity index (χ2v) is 3.90. The van der Waals surface area contributed by atoms with E-state index in [1.807, 2.05) is 50.2 Å². The summed E-state index contributed by atoms with van der Waals surface area (Å²) in [6.45, 7) is 4.46. The molecule has 0 saturated heterocycles. The van der Waals surface area contributed by atoms with Gasteiger partial charge in [0.1, 0.15) is 12.3 Å². The highest BCUT2D eigenvalue weighted by atomic mass is 16.5. The first-order chi connectivity index (χ1) is 9.83. The Labute approximate surface area is 117 Å². The third-order valence-electron chi connectivity index (χ3n) is 2.62. The number of hydrogen-bond donors (Lipinski definition) is 2. The highest BCUT2D eigenvalue weighted by Gasteiger charge is 2.08. The number of hydrogen-bond acceptors (Lipinski definition) is 4. The number of nitrogens with two attached hydrogens (primary N) is 1. The Balaban J connectivity index is 0.000000704. The Morgan fingerprint density at radius 3 is 2.60 bits per heavy atom. The molecule has 1 aromatic carbocycles. The van der Waals surface area contributed by atoms with Crippen molar-refractivity contribution in [1.82, 2.24) is 15.0 Å². The molecule has 5 nitrogen and oxygen atoms in total. The van der Waals surface area contributed by atoms with Gasteiger partial charge in [-0.1, -0.05) is 44.2 Å². The molecule has 2 aromatic heterocycles. The number of benzene rings is 1. The Morgan fingerprint density at radius 2 is 1.85 bits per heavy atom. The van der Waals surface area contributed by atoms with E-state index in [0.29, 0.717) is 18.1 Å². The highest BCUT2D eigenvalue weighted by molar-refractivity contribution is 5.81. The van der Waals surface area contributed by atoms with Crippen LogP contribution in [0.15, 0.2) is 42.6 Å². The summed E-state index contributed by atoms with van der Waals surface area (Å²) in [7, 11) is 0. The number of rotatable bonds is 3. The number of fused-ring (bicyclic) bond motifs is 1. The molecule has 0 saturated carbocycles. The molecule has 0 aliphatic carbocycles. The molecule has 0 aliphatic heterocycles. The molecule has 5 heteroatoms. The Hall–Kier alpha value is -2.56. The average Bonchev–Trinajstić information content (AvgIpc) is 2.96. The minimum Gasteiger partial charge on any atom is -0.472 e. The fraction of sp³-hybridized carbons (Fsp3) is 0.200. The van der Waals surface area contributed by atoms with E-state index in [1.165, 1.54) is 0 Å². The number of anilines is 1. The Bertz CT molecular complexity index is 664. The van der Waals surface area contributed by atoms with Crippen LogP contribution < -0.4 is 10.5 Å². The molecule has 0 spiro atoms. The van der Waals surface area contributed by atoms with Crippen molar-refractivity contribution >= 4 is 17.0 Å². The number of nitrogen functional groups attached to an aromatic ring is 1. The van der Waals surface area contributed by atoms with E-state index in [0.717, 1.165) is 10.9 Å². The lowest BCUT2D eigenvalue weighted by molar-refractivity contribution is 0.298. The van der Waals surface area contributed by atoms with E-state index in [-0.39, 0.29) is 5.95 Å². The van der Waals surface area contributed by atoms with Gasteiger partial charge in [-0.05, 0) is 11.6 Å². The van der Waals surface area contributed by atoms with Crippen molar-refractivity contribution in [2.45, 2.75) is 20.5 Å². The van der Waals surface area contributed by atoms with Gasteiger partial charge >= 0.3 is 0 Å². The summed E-state index contributed by atoms with van der Waals surface area (Å²) in [4.78, 5) is 11.2. The molecule has 3 N–H and O–H groups in total. The third-order valence-corrected chi connectivity index (χ3v) is 2.62. The van der Waals surface area contributed by atoms with Gasteiger partial charge in [-0.3, -0.25) is 0 Å². The minimum absolute atomic E-state index is 0.202. The summed E-state index contributed by atoms with van der Waals surface area (Å²) < 4.78 is 5.69. The molecular formula is C15H18N4O. The molecule has 0 fully saturated rings. The van der Waals surface area contributed by atoms with Crippen LogP contribution in [0.1, 0.15) is 19.4 Å². The quantitative estimate of drug-likeness (QED) is 0.766. The lowest BCUT2D eigenvalue weighted by Gasteiger charge is -2.06. The summed E-state index contributed by atoms with van der Waals surface area (Å²) in [5.41, 5.74) is 7.40. The molecular weight excluding hydrogens is 252 g/mol. The van der Waals surface area contributed by atoms with Gasteiger partial charge in [0.15, 0.2) is 0 Å². The van der Waals surface area contributed by atoms with Gasteiger partial charge in [-0.2, -0.15) is 9.97 Å². The smallest absolute Gasteiger partial charge is 0.228 e. The molecule has 3 rings (SSSR count). The molecule has 0 atom stereocenters. The van der Waals surface area contributed by atoms with Crippen molar-refractivity contribution in [3.05, 3.63) is 48.2 Å². The number of H-pyrrole nitrogens is 1. The zero-order valence-corrected chi connectivity index (χ0v) is 11.6. The zero-order chi connectivity index (χ0) is 14.4. The van der Waals surface area contributed by atoms with Crippen molar-refractivity contribution in [3.8, 4) is 5.88 Å². The van der Waals surface area contributed by atoms with Crippen LogP contribution in [-0.2, 0) is 6.61 Å². The van der Waals surface area contributed by atoms with E-state index in [9.17, 15) is 0 Å². The number of ether oxygens (including phenoxy) is 1. The van der Waals surface area contributed by atoms with E-state index >= 15 is 0 Å². The fourth-order valence-electron chi connectivity index (χ4n) is 1.77. The lowest BCUT2D eigenvalue weighted by Crippen LogP contribution is -2.01. The maximum atomic E-state index is 5.69. The number of aromatic amines is 1. The second-order valence-electron chi connectivity index (χ2n) is 3.90. The molecule has 0 bridgehead atoms. The summed E-state index contributed by atoms with van der Waals surface area (Å²) in [6.07, 6.45) is 1.79. The van der Waals surface area contributed by atoms with E-state index in [4.69, 9.17) is 10.5 Å². The Kier molecular flexibility index (Phi) is 4.55. The first kappa shape index (κ1) is 13.9. The topological polar surface area (TPSA) is 76.8 Å². The van der Waals surface area contributed by atoms with Crippen LogP contribution in [-0.4, -0.2) is 15.0 Å². The largest absolute Gasteiger partial charge is 0.472 e. The summed E-state index contributed by atoms with van der Waals surface area (Å²) in [6, 6.07) is 11.8. The van der Waals surface area contributed by atoms with Gasteiger partial charge in [0.25, 0.3) is 0 Å². The number of aromatic nitrogens is 3. The maximum absolute atomic E-state index is 5.69. The van der Waals surface area contributed by atoms with Crippen molar-refractivity contribution in [2.75, 3.05) is 5.73 Å². The second kappa shape index (κ2) is 6.56. The van der Waals surface area contributed by atoms with Crippen molar-refractivity contribution in [1.29, 1.82) is 0 Å². The van der Waals surface area contributed by atoms with Crippen LogP contribution in [0.25, 0.3) is 11.0 Å². The molecule has 0 radical (unpaired) electrons. The maximum Gasteiger partial charge on any atom is 0.228 e. The molecule has 3 aromatic rings. The Morgan fingerprint density at radius 1 is 1.10 bits per heavy atom. The van der Waals surface area contributed by atoms with E-state index < -0.39 is 0 Å². The molecule has 0 aliphatic rings. The molecule has 20 heavy (non-hydrogen) atoms. The van der Waals surface area contributed by atoms with Gasteiger partial charge in [-0.25, -0.2) is 0 Å². The SMILES string of the molecule is CC.Nc1nc(OCc2ccccc2)c2cc[nH]c2n1. The average molecular weight is 270 g/mol. The predicted octanol–water partition coefficient (Wildman–Crippen LogP) is 3.15. The third kappa shape index (κ3) is 3.06. The van der Waals surface area contributed by atoms with E-state index in [1.54, 1.807) is 6.20 Å². The normalized spacial score (nSPS) is 9.90. The predicted molar refractivity (Wildman–Crippen MR) is 80.4 cm³/mol. The van der Waals surface area contributed by atoms with Crippen LogP contribution in [0, 0.1) is 0 Å². The van der Waals surface area contributed by atoms with Crippen LogP contribution in [0.4, 0.5) is 5.95 Å². The monoisotopic (exact) mass is 270 g/mol. The minimum atomic E-state index is 0.202. The molecule has 0 amide bonds. The first-order valence-electron chi connectivity index (χ1n) is 6.60. The van der Waals surface area contributed by atoms with Crippen LogP contribution >= 0.6 is 0 Å². The van der Waals surface area contributed by atoms with Crippen LogP contribution in [0.5, 0.6) is 5.88 Å². The summed E-state index contributed by atoms with van der Waals surface area (Å²) >= 11 is 0. The lowest BCUT2D eigenvalue weighted by atomic mass is 10.2. The molecule has 104 valence electrons. The first-order valence-corrected chi connectivity index (χ1v) is 6.60. The molecule has 0 unspecified atom stereocenters. The molecule has 2 heterocycles. The van der Waals surface area contributed by atoms with Crippen LogP contribution in [0.2, 0.25) is 0 Å². The number of nitrogens with zero attached hydrogens (tertiary/aromatic N) is 2. The van der Waals surface area contributed by atoms with Gasteiger partial charge < -0.3 is 15.5 Å².